The van der Waals surface area contributed by atoms with Crippen molar-refractivity contribution in [2.24, 2.45) is 5.73 Å². The Hall–Kier alpha value is -1.12. The van der Waals surface area contributed by atoms with Crippen LogP contribution >= 0.6 is 11.3 Å². The highest BCUT2D eigenvalue weighted by Crippen LogP contribution is 2.28. The zero-order chi connectivity index (χ0) is 11.7. The fourth-order valence-electron chi connectivity index (χ4n) is 1.97. The number of rotatable bonds is 2. The van der Waals surface area contributed by atoms with Gasteiger partial charge < -0.3 is 5.73 Å². The summed E-state index contributed by atoms with van der Waals surface area (Å²) in [6.45, 7) is 6.40. The van der Waals surface area contributed by atoms with Crippen molar-refractivity contribution in [1.82, 2.24) is 0 Å². The molecule has 2 rings (SSSR count). The molecule has 1 nitrogen and oxygen atoms in total. The number of thiophene rings is 1. The molecule has 2 aromatic rings. The van der Waals surface area contributed by atoms with Gasteiger partial charge in [-0.2, -0.15) is 11.3 Å². The van der Waals surface area contributed by atoms with Crippen LogP contribution in [0.15, 0.2) is 29.0 Å². The molecule has 0 aliphatic carbocycles. The number of hydrogen-bond acceptors (Lipinski definition) is 2. The highest BCUT2D eigenvalue weighted by atomic mass is 32.1. The van der Waals surface area contributed by atoms with Gasteiger partial charge in [-0.1, -0.05) is 18.2 Å². The average Bonchev–Trinajstić information content (AvgIpc) is 2.68. The minimum absolute atomic E-state index is 0.00569. The first-order valence-corrected chi connectivity index (χ1v) is 6.40. The Kier molecular flexibility index (Phi) is 3.13. The van der Waals surface area contributed by atoms with Crippen LogP contribution < -0.4 is 5.73 Å². The lowest BCUT2D eigenvalue weighted by atomic mass is 9.93. The largest absolute Gasteiger partial charge is 0.320 e. The van der Waals surface area contributed by atoms with Gasteiger partial charge in [-0.25, -0.2) is 0 Å². The fraction of sp³-hybridized carbons (Fsp3) is 0.286. The number of aryl methyl sites for hydroxylation is 2. The van der Waals surface area contributed by atoms with Crippen LogP contribution in [0.4, 0.5) is 0 Å². The molecule has 1 heterocycles. The Morgan fingerprint density at radius 3 is 2.38 bits per heavy atom. The molecule has 1 unspecified atom stereocenters. The summed E-state index contributed by atoms with van der Waals surface area (Å²) in [6, 6.07) is 6.35. The highest BCUT2D eigenvalue weighted by molar-refractivity contribution is 7.08. The Balaban J connectivity index is 2.46. The third kappa shape index (κ3) is 1.91. The SMILES string of the molecule is Cc1cscc1C(N)c1cccc(C)c1C. The highest BCUT2D eigenvalue weighted by Gasteiger charge is 2.14. The third-order valence-corrected chi connectivity index (χ3v) is 4.09. The molecule has 0 radical (unpaired) electrons. The van der Waals surface area contributed by atoms with Gasteiger partial charge in [0.05, 0.1) is 6.04 Å². The van der Waals surface area contributed by atoms with Gasteiger partial charge in [0.25, 0.3) is 0 Å². The molecule has 1 aromatic carbocycles. The number of hydrogen-bond donors (Lipinski definition) is 1. The lowest BCUT2D eigenvalue weighted by Crippen LogP contribution is -2.13. The lowest BCUT2D eigenvalue weighted by Gasteiger charge is -2.16. The molecule has 0 aliphatic heterocycles. The second-order valence-electron chi connectivity index (χ2n) is 4.28. The van der Waals surface area contributed by atoms with Gasteiger partial charge in [-0.05, 0) is 59.3 Å². The first-order valence-electron chi connectivity index (χ1n) is 5.45. The van der Waals surface area contributed by atoms with E-state index in [1.807, 2.05) is 0 Å². The maximum absolute atomic E-state index is 6.34. The van der Waals surface area contributed by atoms with E-state index in [0.29, 0.717) is 0 Å². The number of benzene rings is 1. The van der Waals surface area contributed by atoms with Gasteiger partial charge in [0.1, 0.15) is 0 Å². The second-order valence-corrected chi connectivity index (χ2v) is 5.02. The van der Waals surface area contributed by atoms with E-state index in [2.05, 4.69) is 49.7 Å². The fourth-order valence-corrected chi connectivity index (χ4v) is 2.85. The topological polar surface area (TPSA) is 26.0 Å². The van der Waals surface area contributed by atoms with Crippen molar-refractivity contribution >= 4 is 11.3 Å². The van der Waals surface area contributed by atoms with Crippen molar-refractivity contribution in [1.29, 1.82) is 0 Å². The molecule has 0 saturated carbocycles. The van der Waals surface area contributed by atoms with E-state index in [-0.39, 0.29) is 6.04 Å². The molecule has 1 aromatic heterocycles. The van der Waals surface area contributed by atoms with E-state index in [0.717, 1.165) is 0 Å². The standard InChI is InChI=1S/C14H17NS/c1-9-5-4-6-12(11(9)3)14(15)13-8-16-7-10(13)2/h4-8,14H,15H2,1-3H3. The van der Waals surface area contributed by atoms with Gasteiger partial charge in [-0.15, -0.1) is 0 Å². The summed E-state index contributed by atoms with van der Waals surface area (Å²) in [5.74, 6) is 0. The van der Waals surface area contributed by atoms with Crippen molar-refractivity contribution in [2.75, 3.05) is 0 Å². The zero-order valence-corrected chi connectivity index (χ0v) is 10.8. The molecule has 2 heteroatoms. The Labute approximate surface area is 101 Å². The molecule has 1 atom stereocenters. The Bertz CT molecular complexity index is 499. The van der Waals surface area contributed by atoms with E-state index >= 15 is 0 Å². The van der Waals surface area contributed by atoms with Crippen molar-refractivity contribution in [3.63, 3.8) is 0 Å². The minimum atomic E-state index is 0.00569. The molecular formula is C14H17NS. The van der Waals surface area contributed by atoms with Crippen molar-refractivity contribution < 1.29 is 0 Å². The summed E-state index contributed by atoms with van der Waals surface area (Å²) in [5.41, 5.74) is 12.7. The van der Waals surface area contributed by atoms with Crippen LogP contribution in [-0.4, -0.2) is 0 Å². The van der Waals surface area contributed by atoms with Crippen molar-refractivity contribution in [2.45, 2.75) is 26.8 Å². The predicted molar refractivity (Wildman–Crippen MR) is 71.0 cm³/mol. The van der Waals surface area contributed by atoms with E-state index in [1.54, 1.807) is 11.3 Å². The quantitative estimate of drug-likeness (QED) is 0.837. The van der Waals surface area contributed by atoms with Crippen molar-refractivity contribution in [3.8, 4) is 0 Å². The van der Waals surface area contributed by atoms with E-state index < -0.39 is 0 Å². The second kappa shape index (κ2) is 4.40. The summed E-state index contributed by atoms with van der Waals surface area (Å²) >= 11 is 1.72. The normalized spacial score (nSPS) is 12.8. The maximum atomic E-state index is 6.34. The molecule has 0 spiro atoms. The summed E-state index contributed by atoms with van der Waals surface area (Å²) < 4.78 is 0. The van der Waals surface area contributed by atoms with E-state index in [9.17, 15) is 0 Å². The van der Waals surface area contributed by atoms with Gasteiger partial charge in [0.2, 0.25) is 0 Å². The monoisotopic (exact) mass is 231 g/mol. The van der Waals surface area contributed by atoms with Crippen LogP contribution in [0.3, 0.4) is 0 Å². The molecule has 0 amide bonds. The van der Waals surface area contributed by atoms with Crippen LogP contribution in [0.25, 0.3) is 0 Å². The van der Waals surface area contributed by atoms with Gasteiger partial charge >= 0.3 is 0 Å². The molecule has 16 heavy (non-hydrogen) atoms. The number of nitrogens with two attached hydrogens (primary N) is 1. The Morgan fingerprint density at radius 2 is 1.75 bits per heavy atom. The van der Waals surface area contributed by atoms with Gasteiger partial charge in [0, 0.05) is 0 Å². The smallest absolute Gasteiger partial charge is 0.0565 e. The molecule has 0 fully saturated rings. The Morgan fingerprint density at radius 1 is 1.00 bits per heavy atom. The minimum Gasteiger partial charge on any atom is -0.320 e. The maximum Gasteiger partial charge on any atom is 0.0565 e. The summed E-state index contributed by atoms with van der Waals surface area (Å²) in [7, 11) is 0. The molecule has 0 aliphatic rings. The first-order chi connectivity index (χ1) is 7.61. The van der Waals surface area contributed by atoms with E-state index in [4.69, 9.17) is 5.73 Å². The third-order valence-electron chi connectivity index (χ3n) is 3.21. The van der Waals surface area contributed by atoms with Crippen LogP contribution in [0.5, 0.6) is 0 Å². The molecular weight excluding hydrogens is 214 g/mol. The van der Waals surface area contributed by atoms with Crippen LogP contribution in [-0.2, 0) is 0 Å². The van der Waals surface area contributed by atoms with Gasteiger partial charge in [-0.3, -0.25) is 0 Å². The molecule has 0 bridgehead atoms. The predicted octanol–water partition coefficient (Wildman–Crippen LogP) is 3.72. The first kappa shape index (κ1) is 11.4. The van der Waals surface area contributed by atoms with Crippen LogP contribution in [0, 0.1) is 20.8 Å². The lowest BCUT2D eigenvalue weighted by molar-refractivity contribution is 0.856. The van der Waals surface area contributed by atoms with Crippen LogP contribution in [0.2, 0.25) is 0 Å². The molecule has 84 valence electrons. The van der Waals surface area contributed by atoms with E-state index in [1.165, 1.54) is 27.8 Å². The molecule has 0 saturated heterocycles. The average molecular weight is 231 g/mol. The molecule has 2 N–H and O–H groups in total. The zero-order valence-electron chi connectivity index (χ0n) is 9.95. The van der Waals surface area contributed by atoms with Crippen molar-refractivity contribution in [3.05, 3.63) is 56.8 Å². The summed E-state index contributed by atoms with van der Waals surface area (Å²) in [4.78, 5) is 0. The summed E-state index contributed by atoms with van der Waals surface area (Å²) in [5, 5.41) is 4.31. The van der Waals surface area contributed by atoms with Crippen LogP contribution in [0.1, 0.15) is 33.9 Å². The summed E-state index contributed by atoms with van der Waals surface area (Å²) in [6.07, 6.45) is 0. The van der Waals surface area contributed by atoms with Gasteiger partial charge in [0.15, 0.2) is 0 Å².